The van der Waals surface area contributed by atoms with Gasteiger partial charge in [0.05, 0.1) is 12.2 Å². The molecule has 0 amide bonds. The number of alkyl halides is 3. The van der Waals surface area contributed by atoms with Crippen molar-refractivity contribution < 1.29 is 21.6 Å². The topological polar surface area (TPSA) is 37.4 Å². The Labute approximate surface area is 159 Å². The van der Waals surface area contributed by atoms with E-state index in [-0.39, 0.29) is 12.2 Å². The number of hydrogen-bond acceptors (Lipinski definition) is 2. The number of sulfonamides is 1. The highest BCUT2D eigenvalue weighted by atomic mass is 79.9. The minimum absolute atomic E-state index is 0.0608. The molecule has 0 atom stereocenters. The van der Waals surface area contributed by atoms with Gasteiger partial charge in [0.25, 0.3) is 0 Å². The summed E-state index contributed by atoms with van der Waals surface area (Å²) in [4.78, 5) is 0. The Hall–Kier alpha value is -1.28. The molecule has 3 rings (SSSR count). The summed E-state index contributed by atoms with van der Waals surface area (Å²) in [6, 6.07) is 4.65. The number of anilines is 1. The molecule has 1 saturated carbocycles. The van der Waals surface area contributed by atoms with Crippen LogP contribution in [0, 0.1) is 0 Å². The van der Waals surface area contributed by atoms with Crippen LogP contribution in [0.15, 0.2) is 39.9 Å². The van der Waals surface area contributed by atoms with Crippen molar-refractivity contribution in [1.29, 1.82) is 0 Å². The zero-order valence-corrected chi connectivity index (χ0v) is 16.6. The molecule has 0 spiro atoms. The molecule has 2 aliphatic rings. The van der Waals surface area contributed by atoms with E-state index in [0.717, 1.165) is 43.3 Å². The van der Waals surface area contributed by atoms with Crippen molar-refractivity contribution >= 4 is 37.2 Å². The Bertz CT molecular complexity index is 880. The standard InChI is InChI=1S/C18H19BrF3NO2S/c1-12-9-14(13-5-3-2-4-6-13)11-23(26(24,25)18(20,21)22)17-8-7-15(19)10-16(12)17/h7-10H,2-6,11H2,1H3. The minimum Gasteiger partial charge on any atom is -0.258 e. The predicted octanol–water partition coefficient (Wildman–Crippen LogP) is 5.78. The van der Waals surface area contributed by atoms with Crippen LogP contribution >= 0.6 is 15.9 Å². The van der Waals surface area contributed by atoms with Crippen LogP contribution in [-0.4, -0.2) is 20.5 Å². The van der Waals surface area contributed by atoms with Crippen LogP contribution in [0.4, 0.5) is 18.9 Å². The third-order valence-corrected chi connectivity index (χ3v) is 6.83. The lowest BCUT2D eigenvalue weighted by Crippen LogP contribution is -2.42. The van der Waals surface area contributed by atoms with Crippen LogP contribution in [0.5, 0.6) is 0 Å². The number of halogens is 4. The molecule has 142 valence electrons. The van der Waals surface area contributed by atoms with Crippen molar-refractivity contribution in [3.8, 4) is 0 Å². The van der Waals surface area contributed by atoms with Gasteiger partial charge in [-0.25, -0.2) is 0 Å². The molecule has 0 bridgehead atoms. The zero-order chi connectivity index (χ0) is 19.1. The van der Waals surface area contributed by atoms with Crippen molar-refractivity contribution in [3.63, 3.8) is 0 Å². The highest BCUT2D eigenvalue weighted by Crippen LogP contribution is 2.40. The van der Waals surface area contributed by atoms with Crippen LogP contribution in [0.1, 0.15) is 44.6 Å². The normalized spacial score (nSPS) is 19.1. The second-order valence-corrected chi connectivity index (χ2v) is 9.41. The summed E-state index contributed by atoms with van der Waals surface area (Å²) in [6.45, 7) is 1.52. The molecule has 1 aromatic rings. The van der Waals surface area contributed by atoms with E-state index >= 15 is 0 Å². The van der Waals surface area contributed by atoms with Crippen molar-refractivity contribution in [2.45, 2.75) is 44.5 Å². The third kappa shape index (κ3) is 3.58. The first-order valence-electron chi connectivity index (χ1n) is 8.39. The Kier molecular flexibility index (Phi) is 5.27. The molecular formula is C18H19BrF3NO2S. The fourth-order valence-electron chi connectivity index (χ4n) is 3.52. The molecule has 1 aromatic carbocycles. The fourth-order valence-corrected chi connectivity index (χ4v) is 4.86. The number of nitrogens with zero attached hydrogens (tertiary/aromatic N) is 1. The van der Waals surface area contributed by atoms with E-state index in [1.165, 1.54) is 6.07 Å². The predicted molar refractivity (Wildman–Crippen MR) is 100 cm³/mol. The minimum atomic E-state index is -5.49. The second-order valence-electron chi connectivity index (χ2n) is 6.64. The van der Waals surface area contributed by atoms with Crippen molar-refractivity contribution in [2.24, 2.45) is 0 Å². The van der Waals surface area contributed by atoms with Gasteiger partial charge in [-0.15, -0.1) is 0 Å². The SMILES string of the molecule is CC1=CC(=C2CCCCC2)CN(S(=O)(=O)C(F)(F)F)c2ccc(Br)cc21. The maximum atomic E-state index is 13.3. The fraction of sp³-hybridized carbons (Fsp3) is 0.444. The summed E-state index contributed by atoms with van der Waals surface area (Å²) in [5.74, 6) is 0. The molecule has 1 aliphatic heterocycles. The quantitative estimate of drug-likeness (QED) is 0.544. The highest BCUT2D eigenvalue weighted by Gasteiger charge is 2.51. The van der Waals surface area contributed by atoms with E-state index in [1.54, 1.807) is 19.1 Å². The van der Waals surface area contributed by atoms with Gasteiger partial charge in [-0.1, -0.05) is 34.0 Å². The zero-order valence-electron chi connectivity index (χ0n) is 14.2. The lowest BCUT2D eigenvalue weighted by atomic mass is 9.90. The van der Waals surface area contributed by atoms with E-state index in [4.69, 9.17) is 0 Å². The van der Waals surface area contributed by atoms with Gasteiger partial charge in [0.15, 0.2) is 0 Å². The van der Waals surface area contributed by atoms with Crippen LogP contribution < -0.4 is 4.31 Å². The number of allylic oxidation sites excluding steroid dienone is 2. The van der Waals surface area contributed by atoms with E-state index in [1.807, 2.05) is 6.08 Å². The Morgan fingerprint density at radius 3 is 2.38 bits per heavy atom. The first kappa shape index (κ1) is 19.5. The van der Waals surface area contributed by atoms with Gasteiger partial charge in [-0.05, 0) is 62.0 Å². The largest absolute Gasteiger partial charge is 0.516 e. The maximum Gasteiger partial charge on any atom is 0.516 e. The molecule has 3 nitrogen and oxygen atoms in total. The molecule has 0 aromatic heterocycles. The molecule has 26 heavy (non-hydrogen) atoms. The van der Waals surface area contributed by atoms with Crippen LogP contribution in [-0.2, 0) is 10.0 Å². The third-order valence-electron chi connectivity index (χ3n) is 4.85. The van der Waals surface area contributed by atoms with E-state index in [2.05, 4.69) is 15.9 Å². The lowest BCUT2D eigenvalue weighted by molar-refractivity contribution is -0.0437. The van der Waals surface area contributed by atoms with Crippen molar-refractivity contribution in [3.05, 3.63) is 45.5 Å². The number of fused-ring (bicyclic) bond motifs is 1. The number of benzene rings is 1. The summed E-state index contributed by atoms with van der Waals surface area (Å²) in [6.07, 6.45) is 6.51. The highest BCUT2D eigenvalue weighted by molar-refractivity contribution is 9.10. The van der Waals surface area contributed by atoms with Gasteiger partial charge < -0.3 is 0 Å². The second kappa shape index (κ2) is 7.03. The molecule has 1 heterocycles. The van der Waals surface area contributed by atoms with Crippen molar-refractivity contribution in [2.75, 3.05) is 10.8 Å². The summed E-state index contributed by atoms with van der Waals surface area (Å²) >= 11 is 3.32. The lowest BCUT2D eigenvalue weighted by Gasteiger charge is -2.27. The Morgan fingerprint density at radius 1 is 1.12 bits per heavy atom. The molecular weight excluding hydrogens is 431 g/mol. The maximum absolute atomic E-state index is 13.3. The van der Waals surface area contributed by atoms with Crippen LogP contribution in [0.25, 0.3) is 5.57 Å². The molecule has 1 aliphatic carbocycles. The van der Waals surface area contributed by atoms with Gasteiger partial charge in [0, 0.05) is 10.0 Å². The summed E-state index contributed by atoms with van der Waals surface area (Å²) in [5.41, 5.74) is -2.30. The number of rotatable bonds is 1. The molecule has 0 unspecified atom stereocenters. The molecule has 1 fully saturated rings. The smallest absolute Gasteiger partial charge is 0.258 e. The molecule has 0 radical (unpaired) electrons. The van der Waals surface area contributed by atoms with E-state index in [0.29, 0.717) is 19.9 Å². The average Bonchev–Trinajstić information content (AvgIpc) is 2.72. The van der Waals surface area contributed by atoms with Gasteiger partial charge in [0.1, 0.15) is 0 Å². The summed E-state index contributed by atoms with van der Waals surface area (Å²) in [7, 11) is -5.49. The first-order valence-corrected chi connectivity index (χ1v) is 10.6. The summed E-state index contributed by atoms with van der Waals surface area (Å²) in [5, 5.41) is 0. The summed E-state index contributed by atoms with van der Waals surface area (Å²) < 4.78 is 65.7. The molecule has 8 heteroatoms. The number of hydrogen-bond donors (Lipinski definition) is 0. The Morgan fingerprint density at radius 2 is 1.77 bits per heavy atom. The van der Waals surface area contributed by atoms with Gasteiger partial charge in [-0.2, -0.15) is 21.6 Å². The average molecular weight is 450 g/mol. The van der Waals surface area contributed by atoms with Gasteiger partial charge in [-0.3, -0.25) is 4.31 Å². The van der Waals surface area contributed by atoms with Gasteiger partial charge in [0.2, 0.25) is 0 Å². The van der Waals surface area contributed by atoms with E-state index < -0.39 is 15.5 Å². The monoisotopic (exact) mass is 449 g/mol. The first-order chi connectivity index (χ1) is 12.1. The van der Waals surface area contributed by atoms with E-state index in [9.17, 15) is 21.6 Å². The van der Waals surface area contributed by atoms with Crippen LogP contribution in [0.3, 0.4) is 0 Å². The molecule has 0 saturated heterocycles. The van der Waals surface area contributed by atoms with Crippen LogP contribution in [0.2, 0.25) is 0 Å². The molecule has 0 N–H and O–H groups in total. The Balaban J connectivity index is 2.22. The van der Waals surface area contributed by atoms with Crippen molar-refractivity contribution in [1.82, 2.24) is 0 Å². The van der Waals surface area contributed by atoms with Gasteiger partial charge >= 0.3 is 15.5 Å².